The number of hydrogen-bond acceptors (Lipinski definition) is 2. The lowest BCUT2D eigenvalue weighted by Gasteiger charge is -2.09. The largest absolute Gasteiger partial charge is 0.390 e. The maximum atomic E-state index is 9.94. The summed E-state index contributed by atoms with van der Waals surface area (Å²) in [5.41, 5.74) is 1.92. The number of hydrogen-bond donors (Lipinski definition) is 1. The highest BCUT2D eigenvalue weighted by atomic mass is 16.3. The molecule has 1 aliphatic rings. The fraction of sp³-hybridized carbons (Fsp3) is 0.417. The highest BCUT2D eigenvalue weighted by Crippen LogP contribution is 2.39. The quantitative estimate of drug-likeness (QED) is 0.804. The molecule has 15 heavy (non-hydrogen) atoms. The van der Waals surface area contributed by atoms with Crippen molar-refractivity contribution in [1.29, 1.82) is 0 Å². The minimum atomic E-state index is -0.432. The second-order valence-electron chi connectivity index (χ2n) is 4.52. The number of fused-ring (bicyclic) bond motifs is 1. The van der Waals surface area contributed by atoms with Gasteiger partial charge in [-0.05, 0) is 18.4 Å². The van der Waals surface area contributed by atoms with Gasteiger partial charge in [0.25, 0.3) is 0 Å². The average molecular weight is 202 g/mol. The van der Waals surface area contributed by atoms with Crippen molar-refractivity contribution in [3.8, 4) is 0 Å². The summed E-state index contributed by atoms with van der Waals surface area (Å²) < 4.78 is 1.89. The Kier molecular flexibility index (Phi) is 1.68. The van der Waals surface area contributed by atoms with Crippen molar-refractivity contribution < 1.29 is 5.11 Å². The summed E-state index contributed by atoms with van der Waals surface area (Å²) in [7, 11) is 1.95. The molecule has 0 bridgehead atoms. The summed E-state index contributed by atoms with van der Waals surface area (Å²) in [6.45, 7) is 0. The van der Waals surface area contributed by atoms with Crippen molar-refractivity contribution in [3.05, 3.63) is 30.0 Å². The van der Waals surface area contributed by atoms with E-state index in [2.05, 4.69) is 17.2 Å². The van der Waals surface area contributed by atoms with E-state index in [-0.39, 0.29) is 0 Å². The third-order valence-electron chi connectivity index (χ3n) is 3.19. The van der Waals surface area contributed by atoms with Gasteiger partial charge < -0.3 is 5.11 Å². The first-order valence-electron chi connectivity index (χ1n) is 5.30. The maximum Gasteiger partial charge on any atom is 0.0712 e. The predicted molar refractivity (Wildman–Crippen MR) is 58.6 cm³/mol. The van der Waals surface area contributed by atoms with E-state index in [1.807, 2.05) is 24.0 Å². The van der Waals surface area contributed by atoms with Gasteiger partial charge in [0, 0.05) is 18.9 Å². The summed E-state index contributed by atoms with van der Waals surface area (Å²) in [5, 5.41) is 15.3. The van der Waals surface area contributed by atoms with Gasteiger partial charge in [0.05, 0.1) is 17.3 Å². The number of aliphatic hydroxyl groups is 1. The van der Waals surface area contributed by atoms with Gasteiger partial charge in [-0.15, -0.1) is 0 Å². The van der Waals surface area contributed by atoms with Crippen LogP contribution in [0.2, 0.25) is 0 Å². The lowest BCUT2D eigenvalue weighted by molar-refractivity contribution is 0.151. The fourth-order valence-electron chi connectivity index (χ4n) is 2.13. The summed E-state index contributed by atoms with van der Waals surface area (Å²) >= 11 is 0. The fourth-order valence-corrected chi connectivity index (χ4v) is 2.13. The van der Waals surface area contributed by atoms with Crippen LogP contribution in [0.25, 0.3) is 10.9 Å². The molecule has 0 atom stereocenters. The average Bonchev–Trinajstić information content (AvgIpc) is 2.80. The van der Waals surface area contributed by atoms with Crippen molar-refractivity contribution in [2.24, 2.45) is 7.05 Å². The molecular weight excluding hydrogens is 188 g/mol. The molecule has 0 aliphatic heterocycles. The first-order valence-corrected chi connectivity index (χ1v) is 5.30. The SMILES string of the molecule is Cn1ncc2cccc(CC3(O)CC3)c21. The second-order valence-corrected chi connectivity index (χ2v) is 4.52. The first kappa shape index (κ1) is 8.92. The van der Waals surface area contributed by atoms with Gasteiger partial charge >= 0.3 is 0 Å². The molecule has 1 aromatic carbocycles. The molecule has 3 rings (SSSR count). The van der Waals surface area contributed by atoms with E-state index < -0.39 is 5.60 Å². The molecule has 1 fully saturated rings. The Morgan fingerprint density at radius 1 is 1.47 bits per heavy atom. The molecule has 1 heterocycles. The minimum absolute atomic E-state index is 0.432. The minimum Gasteiger partial charge on any atom is -0.390 e. The van der Waals surface area contributed by atoms with E-state index in [4.69, 9.17) is 0 Å². The third kappa shape index (κ3) is 1.43. The van der Waals surface area contributed by atoms with E-state index in [0.717, 1.165) is 30.2 Å². The maximum absolute atomic E-state index is 9.94. The van der Waals surface area contributed by atoms with Crippen LogP contribution in [0, 0.1) is 0 Å². The number of aromatic nitrogens is 2. The van der Waals surface area contributed by atoms with Gasteiger partial charge in [0.1, 0.15) is 0 Å². The van der Waals surface area contributed by atoms with Crippen LogP contribution in [0.4, 0.5) is 0 Å². The molecule has 0 saturated heterocycles. The highest BCUT2D eigenvalue weighted by Gasteiger charge is 2.40. The standard InChI is InChI=1S/C12H14N2O/c1-14-11-9(7-12(15)5-6-12)3-2-4-10(11)8-13-14/h2-4,8,15H,5-7H2,1H3. The highest BCUT2D eigenvalue weighted by molar-refractivity contribution is 5.82. The number of aryl methyl sites for hydroxylation is 1. The second kappa shape index (κ2) is 2.83. The van der Waals surface area contributed by atoms with Crippen LogP contribution in [0.3, 0.4) is 0 Å². The Morgan fingerprint density at radius 2 is 2.27 bits per heavy atom. The Bertz CT molecular complexity index is 511. The van der Waals surface area contributed by atoms with Crippen LogP contribution < -0.4 is 0 Å². The molecule has 0 amide bonds. The molecule has 1 aromatic heterocycles. The van der Waals surface area contributed by atoms with Crippen LogP contribution >= 0.6 is 0 Å². The Hall–Kier alpha value is -1.35. The number of para-hydroxylation sites is 1. The topological polar surface area (TPSA) is 38.0 Å². The summed E-state index contributed by atoms with van der Waals surface area (Å²) in [6, 6.07) is 6.17. The van der Waals surface area contributed by atoms with Gasteiger partial charge in [-0.3, -0.25) is 4.68 Å². The van der Waals surface area contributed by atoms with Crippen molar-refractivity contribution in [3.63, 3.8) is 0 Å². The van der Waals surface area contributed by atoms with Crippen molar-refractivity contribution in [2.75, 3.05) is 0 Å². The van der Waals surface area contributed by atoms with Crippen LogP contribution in [0.15, 0.2) is 24.4 Å². The van der Waals surface area contributed by atoms with Gasteiger partial charge in [-0.1, -0.05) is 18.2 Å². The van der Waals surface area contributed by atoms with Gasteiger partial charge in [0.2, 0.25) is 0 Å². The van der Waals surface area contributed by atoms with E-state index in [1.165, 1.54) is 5.56 Å². The third-order valence-corrected chi connectivity index (χ3v) is 3.19. The zero-order valence-corrected chi connectivity index (χ0v) is 8.77. The van der Waals surface area contributed by atoms with Crippen LogP contribution in [0.1, 0.15) is 18.4 Å². The Labute approximate surface area is 88.3 Å². The Morgan fingerprint density at radius 3 is 3.00 bits per heavy atom. The number of nitrogens with zero attached hydrogens (tertiary/aromatic N) is 2. The molecule has 0 spiro atoms. The van der Waals surface area contributed by atoms with Gasteiger partial charge in [0.15, 0.2) is 0 Å². The predicted octanol–water partition coefficient (Wildman–Crippen LogP) is 1.64. The lowest BCUT2D eigenvalue weighted by atomic mass is 10.0. The molecule has 0 unspecified atom stereocenters. The van der Waals surface area contributed by atoms with Crippen LogP contribution in [0.5, 0.6) is 0 Å². The molecule has 1 saturated carbocycles. The summed E-state index contributed by atoms with van der Waals surface area (Å²) in [4.78, 5) is 0. The van der Waals surface area contributed by atoms with Gasteiger partial charge in [-0.2, -0.15) is 5.10 Å². The molecule has 1 aliphatic carbocycles. The molecule has 2 aromatic rings. The lowest BCUT2D eigenvalue weighted by Crippen LogP contribution is -2.11. The molecule has 0 radical (unpaired) electrons. The van der Waals surface area contributed by atoms with Crippen LogP contribution in [-0.4, -0.2) is 20.5 Å². The smallest absolute Gasteiger partial charge is 0.0712 e. The molecule has 1 N–H and O–H groups in total. The normalized spacial score (nSPS) is 18.3. The summed E-state index contributed by atoms with van der Waals surface area (Å²) in [6.07, 6.45) is 4.49. The van der Waals surface area contributed by atoms with Crippen LogP contribution in [-0.2, 0) is 13.5 Å². The summed E-state index contributed by atoms with van der Waals surface area (Å²) in [5.74, 6) is 0. The Balaban J connectivity index is 2.12. The van der Waals surface area contributed by atoms with E-state index in [0.29, 0.717) is 0 Å². The number of benzene rings is 1. The van der Waals surface area contributed by atoms with E-state index in [1.54, 1.807) is 0 Å². The molecular formula is C12H14N2O. The first-order chi connectivity index (χ1) is 7.18. The molecule has 78 valence electrons. The zero-order valence-electron chi connectivity index (χ0n) is 8.77. The van der Waals surface area contributed by atoms with Gasteiger partial charge in [-0.25, -0.2) is 0 Å². The molecule has 3 nitrogen and oxygen atoms in total. The van der Waals surface area contributed by atoms with Crippen molar-refractivity contribution >= 4 is 10.9 Å². The monoisotopic (exact) mass is 202 g/mol. The van der Waals surface area contributed by atoms with Crippen molar-refractivity contribution in [2.45, 2.75) is 24.9 Å². The van der Waals surface area contributed by atoms with Crippen molar-refractivity contribution in [1.82, 2.24) is 9.78 Å². The number of rotatable bonds is 2. The van der Waals surface area contributed by atoms with E-state index in [9.17, 15) is 5.11 Å². The molecule has 3 heteroatoms. The zero-order chi connectivity index (χ0) is 10.5. The van der Waals surface area contributed by atoms with E-state index >= 15 is 0 Å².